The van der Waals surface area contributed by atoms with Gasteiger partial charge in [-0.25, -0.2) is 9.97 Å². The molecule has 0 radical (unpaired) electrons. The van der Waals surface area contributed by atoms with Crippen molar-refractivity contribution in [1.82, 2.24) is 14.9 Å². The molecule has 0 aliphatic carbocycles. The number of aryl methyl sites for hydroxylation is 1. The van der Waals surface area contributed by atoms with Gasteiger partial charge in [-0.3, -0.25) is 4.79 Å². The van der Waals surface area contributed by atoms with Crippen LogP contribution >= 0.6 is 34.2 Å². The minimum absolute atomic E-state index is 0.0532. The normalized spacial score (nSPS) is 17.5. The van der Waals surface area contributed by atoms with E-state index in [0.29, 0.717) is 22.7 Å². The highest BCUT2D eigenvalue weighted by molar-refractivity contribution is 14.1. The number of hydrogen-bond donors (Lipinski definition) is 1. The van der Waals surface area contributed by atoms with E-state index in [1.807, 2.05) is 11.8 Å². The number of piperidine rings is 1. The predicted octanol–water partition coefficient (Wildman–Crippen LogP) is 3.02. The summed E-state index contributed by atoms with van der Waals surface area (Å²) < 4.78 is 0.0532. The Labute approximate surface area is 150 Å². The SMILES string of the molecule is Cc1nc(N)c(CCC2CCN(C(=O)[C@H](C)I)CC2)c(Cl)n1. The first-order valence-corrected chi connectivity index (χ1v) is 9.22. The lowest BCUT2D eigenvalue weighted by Gasteiger charge is -2.32. The second kappa shape index (κ2) is 7.77. The van der Waals surface area contributed by atoms with Crippen molar-refractivity contribution in [2.45, 2.75) is 43.5 Å². The van der Waals surface area contributed by atoms with Crippen molar-refractivity contribution in [3.63, 3.8) is 0 Å². The highest BCUT2D eigenvalue weighted by atomic mass is 127. The second-order valence-corrected chi connectivity index (χ2v) is 8.08. The standard InChI is InChI=1S/C15H22ClIN4O/c1-9(17)15(22)21-7-5-11(6-8-21)3-4-12-13(16)19-10(2)20-14(12)18/h9,11H,3-8H2,1-2H3,(H2,18,19,20)/t9-/m0/s1. The highest BCUT2D eigenvalue weighted by Crippen LogP contribution is 2.27. The molecule has 1 aliphatic rings. The zero-order valence-electron chi connectivity index (χ0n) is 13.0. The van der Waals surface area contributed by atoms with Crippen LogP contribution in [0.4, 0.5) is 5.82 Å². The van der Waals surface area contributed by atoms with Gasteiger partial charge in [0.05, 0.1) is 3.92 Å². The Kier molecular flexibility index (Phi) is 6.26. The van der Waals surface area contributed by atoms with E-state index in [1.54, 1.807) is 6.92 Å². The Morgan fingerprint density at radius 3 is 2.64 bits per heavy atom. The first-order chi connectivity index (χ1) is 10.4. The van der Waals surface area contributed by atoms with Crippen molar-refractivity contribution >= 4 is 45.9 Å². The van der Waals surface area contributed by atoms with E-state index in [9.17, 15) is 4.79 Å². The maximum atomic E-state index is 12.0. The van der Waals surface area contributed by atoms with Crippen LogP contribution in [0.2, 0.25) is 5.15 Å². The largest absolute Gasteiger partial charge is 0.383 e. The first-order valence-electron chi connectivity index (χ1n) is 7.59. The molecule has 0 aromatic carbocycles. The van der Waals surface area contributed by atoms with E-state index in [-0.39, 0.29) is 9.83 Å². The molecule has 1 fully saturated rings. The number of rotatable bonds is 4. The maximum Gasteiger partial charge on any atom is 0.235 e. The molecule has 0 unspecified atom stereocenters. The lowest BCUT2D eigenvalue weighted by Crippen LogP contribution is -2.41. The number of amides is 1. The number of nitrogens with zero attached hydrogens (tertiary/aromatic N) is 3. The number of likely N-dealkylation sites (tertiary alicyclic amines) is 1. The average molecular weight is 437 g/mol. The molecule has 1 atom stereocenters. The molecule has 1 aromatic rings. The summed E-state index contributed by atoms with van der Waals surface area (Å²) in [5, 5.41) is 0.469. The molecule has 1 amide bonds. The van der Waals surface area contributed by atoms with Gasteiger partial charge in [0.2, 0.25) is 5.91 Å². The molecule has 0 saturated carbocycles. The average Bonchev–Trinajstić information content (AvgIpc) is 2.46. The van der Waals surface area contributed by atoms with Crippen molar-refractivity contribution in [2.75, 3.05) is 18.8 Å². The first kappa shape index (κ1) is 17.7. The fourth-order valence-corrected chi connectivity index (χ4v) is 3.56. The summed E-state index contributed by atoms with van der Waals surface area (Å²) in [4.78, 5) is 22.3. The Morgan fingerprint density at radius 2 is 2.09 bits per heavy atom. The zero-order valence-corrected chi connectivity index (χ0v) is 15.9. The molecule has 22 heavy (non-hydrogen) atoms. The summed E-state index contributed by atoms with van der Waals surface area (Å²) >= 11 is 8.34. The number of carbonyl (C=O) groups excluding carboxylic acids is 1. The molecule has 1 saturated heterocycles. The fourth-order valence-electron chi connectivity index (χ4n) is 2.86. The van der Waals surface area contributed by atoms with Gasteiger partial charge in [0.1, 0.15) is 16.8 Å². The topological polar surface area (TPSA) is 72.1 Å². The lowest BCUT2D eigenvalue weighted by atomic mass is 9.90. The molecule has 1 aliphatic heterocycles. The van der Waals surface area contributed by atoms with E-state index in [4.69, 9.17) is 17.3 Å². The van der Waals surface area contributed by atoms with E-state index >= 15 is 0 Å². The molecular weight excluding hydrogens is 415 g/mol. The van der Waals surface area contributed by atoms with Crippen LogP contribution in [0, 0.1) is 12.8 Å². The summed E-state index contributed by atoms with van der Waals surface area (Å²) in [5.41, 5.74) is 6.80. The van der Waals surface area contributed by atoms with Crippen LogP contribution < -0.4 is 5.73 Å². The van der Waals surface area contributed by atoms with Crippen molar-refractivity contribution in [3.8, 4) is 0 Å². The molecule has 2 heterocycles. The van der Waals surface area contributed by atoms with E-state index in [0.717, 1.165) is 44.3 Å². The molecule has 2 N–H and O–H groups in total. The third-order valence-corrected chi connectivity index (χ3v) is 5.01. The minimum Gasteiger partial charge on any atom is -0.383 e. The number of alkyl halides is 1. The van der Waals surface area contributed by atoms with Crippen molar-refractivity contribution < 1.29 is 4.79 Å². The van der Waals surface area contributed by atoms with Gasteiger partial charge in [0.15, 0.2) is 0 Å². The van der Waals surface area contributed by atoms with Crippen LogP contribution in [0.1, 0.15) is 37.6 Å². The summed E-state index contributed by atoms with van der Waals surface area (Å²) in [5.74, 6) is 1.94. The van der Waals surface area contributed by atoms with E-state index in [1.165, 1.54) is 0 Å². The fraction of sp³-hybridized carbons (Fsp3) is 0.667. The minimum atomic E-state index is 0.0532. The molecule has 7 heteroatoms. The quantitative estimate of drug-likeness (QED) is 0.447. The van der Waals surface area contributed by atoms with Gasteiger partial charge < -0.3 is 10.6 Å². The number of aromatic nitrogens is 2. The third kappa shape index (κ3) is 4.44. The van der Waals surface area contributed by atoms with Gasteiger partial charge in [-0.1, -0.05) is 34.2 Å². The Bertz CT molecular complexity index is 521. The summed E-state index contributed by atoms with van der Waals surface area (Å²) in [6.45, 7) is 5.43. The van der Waals surface area contributed by atoms with Crippen LogP contribution in [-0.2, 0) is 11.2 Å². The number of hydrogen-bond acceptors (Lipinski definition) is 4. The van der Waals surface area contributed by atoms with Gasteiger partial charge in [-0.05, 0) is 45.4 Å². The molecule has 122 valence electrons. The van der Waals surface area contributed by atoms with Gasteiger partial charge in [-0.15, -0.1) is 0 Å². The summed E-state index contributed by atoms with van der Waals surface area (Å²) in [6, 6.07) is 0. The van der Waals surface area contributed by atoms with Crippen molar-refractivity contribution in [2.24, 2.45) is 5.92 Å². The van der Waals surface area contributed by atoms with Crippen molar-refractivity contribution in [3.05, 3.63) is 16.5 Å². The summed E-state index contributed by atoms with van der Waals surface area (Å²) in [6.07, 6.45) is 3.89. The smallest absolute Gasteiger partial charge is 0.235 e. The Balaban J connectivity index is 1.86. The van der Waals surface area contributed by atoms with Gasteiger partial charge >= 0.3 is 0 Å². The van der Waals surface area contributed by atoms with Gasteiger partial charge in [0.25, 0.3) is 0 Å². The number of nitrogen functional groups attached to an aromatic ring is 1. The zero-order chi connectivity index (χ0) is 16.3. The van der Waals surface area contributed by atoms with Crippen LogP contribution in [0.3, 0.4) is 0 Å². The molecule has 5 nitrogen and oxygen atoms in total. The Morgan fingerprint density at radius 1 is 1.45 bits per heavy atom. The highest BCUT2D eigenvalue weighted by Gasteiger charge is 2.25. The molecule has 2 rings (SSSR count). The maximum absolute atomic E-state index is 12.0. The molecular formula is C15H22ClIN4O. The number of nitrogens with two attached hydrogens (primary N) is 1. The number of anilines is 1. The van der Waals surface area contributed by atoms with Crippen LogP contribution in [0.25, 0.3) is 0 Å². The van der Waals surface area contributed by atoms with E-state index < -0.39 is 0 Å². The third-order valence-electron chi connectivity index (χ3n) is 4.17. The van der Waals surface area contributed by atoms with Crippen LogP contribution in [0.15, 0.2) is 0 Å². The van der Waals surface area contributed by atoms with Gasteiger partial charge in [0, 0.05) is 18.7 Å². The Hall–Kier alpha value is -0.630. The second-order valence-electron chi connectivity index (χ2n) is 5.85. The molecule has 0 bridgehead atoms. The van der Waals surface area contributed by atoms with Gasteiger partial charge in [-0.2, -0.15) is 0 Å². The van der Waals surface area contributed by atoms with Crippen LogP contribution in [0.5, 0.6) is 0 Å². The number of halogens is 2. The number of carbonyl (C=O) groups is 1. The van der Waals surface area contributed by atoms with E-state index in [2.05, 4.69) is 32.6 Å². The monoisotopic (exact) mass is 436 g/mol. The molecule has 0 spiro atoms. The molecule has 1 aromatic heterocycles. The predicted molar refractivity (Wildman–Crippen MR) is 97.3 cm³/mol. The van der Waals surface area contributed by atoms with Crippen LogP contribution in [-0.4, -0.2) is 37.8 Å². The summed E-state index contributed by atoms with van der Waals surface area (Å²) in [7, 11) is 0. The lowest BCUT2D eigenvalue weighted by molar-refractivity contribution is -0.131. The van der Waals surface area contributed by atoms with Crippen molar-refractivity contribution in [1.29, 1.82) is 0 Å².